The molecule has 1 amide bonds. The minimum Gasteiger partial charge on any atom is -0.444 e. The maximum atomic E-state index is 13.2. The number of unbranched alkanes of at least 4 members (excludes halogenated alkanes) is 1. The van der Waals surface area contributed by atoms with Crippen molar-refractivity contribution in [3.63, 3.8) is 0 Å². The molecule has 1 saturated carbocycles. The van der Waals surface area contributed by atoms with Crippen LogP contribution in [-0.4, -0.2) is 21.2 Å². The molecule has 0 aliphatic heterocycles. The first-order valence-electron chi connectivity index (χ1n) is 9.76. The van der Waals surface area contributed by atoms with Crippen LogP contribution in [0, 0.1) is 17.2 Å². The van der Waals surface area contributed by atoms with E-state index in [2.05, 4.69) is 11.4 Å². The third-order valence-corrected chi connectivity index (χ3v) is 4.99. The number of hydrogen-bond donors (Lipinski definition) is 1. The SMILES string of the molecule is CC(C)(C)OC(=O)NC(c1nc2cccc(Cl)c2c(=O)n1CCCC#N)C1CC1. The van der Waals surface area contributed by atoms with Crippen LogP contribution in [0.25, 0.3) is 10.9 Å². The first kappa shape index (κ1) is 21.1. The summed E-state index contributed by atoms with van der Waals surface area (Å²) in [5, 5.41) is 12.5. The smallest absolute Gasteiger partial charge is 0.408 e. The van der Waals surface area contributed by atoms with Gasteiger partial charge in [-0.15, -0.1) is 0 Å². The largest absolute Gasteiger partial charge is 0.444 e. The van der Waals surface area contributed by atoms with Crippen LogP contribution in [0.15, 0.2) is 23.0 Å². The van der Waals surface area contributed by atoms with Crippen molar-refractivity contribution in [1.29, 1.82) is 5.26 Å². The van der Waals surface area contributed by atoms with Gasteiger partial charge in [-0.05, 0) is 58.1 Å². The molecule has 1 unspecified atom stereocenters. The number of fused-ring (bicyclic) bond motifs is 1. The summed E-state index contributed by atoms with van der Waals surface area (Å²) < 4.78 is 6.96. The number of amides is 1. The molecule has 1 aromatic carbocycles. The molecule has 1 aromatic heterocycles. The van der Waals surface area contributed by atoms with Gasteiger partial charge in [-0.25, -0.2) is 9.78 Å². The van der Waals surface area contributed by atoms with Crippen LogP contribution in [0.2, 0.25) is 5.02 Å². The van der Waals surface area contributed by atoms with Crippen LogP contribution in [0.3, 0.4) is 0 Å². The quantitative estimate of drug-likeness (QED) is 0.707. The maximum absolute atomic E-state index is 13.2. The van der Waals surface area contributed by atoms with Crippen molar-refractivity contribution in [2.45, 2.75) is 64.6 Å². The lowest BCUT2D eigenvalue weighted by molar-refractivity contribution is 0.0493. The average molecular weight is 417 g/mol. The molecule has 0 spiro atoms. The molecule has 29 heavy (non-hydrogen) atoms. The molecule has 0 radical (unpaired) electrons. The third-order valence-electron chi connectivity index (χ3n) is 4.68. The first-order valence-corrected chi connectivity index (χ1v) is 10.1. The van der Waals surface area contributed by atoms with Crippen molar-refractivity contribution < 1.29 is 9.53 Å². The minimum atomic E-state index is -0.630. The zero-order valence-corrected chi connectivity index (χ0v) is 17.6. The lowest BCUT2D eigenvalue weighted by Gasteiger charge is -2.25. The van der Waals surface area contributed by atoms with Crippen LogP contribution < -0.4 is 10.9 Å². The van der Waals surface area contributed by atoms with Gasteiger partial charge < -0.3 is 10.1 Å². The highest BCUT2D eigenvalue weighted by molar-refractivity contribution is 6.35. The number of carbonyl (C=O) groups excluding carboxylic acids is 1. The number of nitrogens with zero attached hydrogens (tertiary/aromatic N) is 3. The fraction of sp³-hybridized carbons (Fsp3) is 0.524. The molecular weight excluding hydrogens is 392 g/mol. The summed E-state index contributed by atoms with van der Waals surface area (Å²) in [6.45, 7) is 5.72. The van der Waals surface area contributed by atoms with Crippen LogP contribution >= 0.6 is 11.6 Å². The highest BCUT2D eigenvalue weighted by Crippen LogP contribution is 2.40. The standard InChI is InChI=1S/C21H25ClN4O3/c1-21(2,3)29-20(28)25-17(13-9-10-13)18-24-15-8-6-7-14(22)16(15)19(27)26(18)12-5-4-11-23/h6-8,13,17H,4-5,9-10,12H2,1-3H3,(H,25,28). The van der Waals surface area contributed by atoms with Gasteiger partial charge in [0.15, 0.2) is 0 Å². The zero-order chi connectivity index (χ0) is 21.2. The first-order chi connectivity index (χ1) is 13.7. The molecule has 8 heteroatoms. The summed E-state index contributed by atoms with van der Waals surface area (Å²) in [5.41, 5.74) is -0.398. The molecule has 1 atom stereocenters. The van der Waals surface area contributed by atoms with Gasteiger partial charge in [0.2, 0.25) is 0 Å². The van der Waals surface area contributed by atoms with Crippen molar-refractivity contribution in [1.82, 2.24) is 14.9 Å². The van der Waals surface area contributed by atoms with Gasteiger partial charge in [0.1, 0.15) is 11.4 Å². The molecule has 1 N–H and O–H groups in total. The molecule has 0 saturated heterocycles. The van der Waals surface area contributed by atoms with E-state index in [0.29, 0.717) is 41.1 Å². The fourth-order valence-corrected chi connectivity index (χ4v) is 3.52. The van der Waals surface area contributed by atoms with E-state index < -0.39 is 17.7 Å². The number of hydrogen-bond acceptors (Lipinski definition) is 5. The number of nitriles is 1. The van der Waals surface area contributed by atoms with Crippen LogP contribution in [-0.2, 0) is 11.3 Å². The maximum Gasteiger partial charge on any atom is 0.408 e. The van der Waals surface area contributed by atoms with Gasteiger partial charge in [-0.2, -0.15) is 5.26 Å². The molecule has 1 aliphatic rings. The number of rotatable bonds is 6. The third kappa shape index (κ3) is 5.07. The highest BCUT2D eigenvalue weighted by atomic mass is 35.5. The molecule has 7 nitrogen and oxygen atoms in total. The van der Waals surface area contributed by atoms with Gasteiger partial charge in [0.25, 0.3) is 5.56 Å². The van der Waals surface area contributed by atoms with Crippen molar-refractivity contribution in [3.8, 4) is 6.07 Å². The predicted molar refractivity (Wildman–Crippen MR) is 111 cm³/mol. The molecule has 1 heterocycles. The van der Waals surface area contributed by atoms with Crippen molar-refractivity contribution in [3.05, 3.63) is 39.4 Å². The van der Waals surface area contributed by atoms with Crippen LogP contribution in [0.4, 0.5) is 4.79 Å². The minimum absolute atomic E-state index is 0.188. The van der Waals surface area contributed by atoms with E-state index in [1.807, 2.05) is 0 Å². The van der Waals surface area contributed by atoms with Crippen molar-refractivity contribution >= 4 is 28.6 Å². The van der Waals surface area contributed by atoms with Crippen molar-refractivity contribution in [2.75, 3.05) is 0 Å². The summed E-state index contributed by atoms with van der Waals surface area (Å²) in [4.78, 5) is 30.4. The van der Waals surface area contributed by atoms with E-state index in [0.717, 1.165) is 12.8 Å². The van der Waals surface area contributed by atoms with E-state index in [9.17, 15) is 9.59 Å². The molecule has 0 bridgehead atoms. The Balaban J connectivity index is 2.06. The molecule has 154 valence electrons. The number of carbonyl (C=O) groups is 1. The fourth-order valence-electron chi connectivity index (χ4n) is 3.27. The van der Waals surface area contributed by atoms with Gasteiger partial charge in [0, 0.05) is 13.0 Å². The molecule has 1 aliphatic carbocycles. The lowest BCUT2D eigenvalue weighted by atomic mass is 10.1. The number of alkyl carbamates (subject to hydrolysis) is 1. The lowest BCUT2D eigenvalue weighted by Crippen LogP contribution is -2.39. The van der Waals surface area contributed by atoms with Gasteiger partial charge in [-0.3, -0.25) is 9.36 Å². The Morgan fingerprint density at radius 1 is 1.45 bits per heavy atom. The number of nitrogens with one attached hydrogen (secondary N) is 1. The summed E-state index contributed by atoms with van der Waals surface area (Å²) in [6, 6.07) is 6.79. The Morgan fingerprint density at radius 3 is 2.79 bits per heavy atom. The van der Waals surface area contributed by atoms with Gasteiger partial charge >= 0.3 is 6.09 Å². The molecular formula is C21H25ClN4O3. The average Bonchev–Trinajstić information content (AvgIpc) is 3.45. The summed E-state index contributed by atoms with van der Waals surface area (Å²) in [7, 11) is 0. The Labute approximate surface area is 174 Å². The number of ether oxygens (including phenoxy) is 1. The summed E-state index contributed by atoms with van der Waals surface area (Å²) >= 11 is 6.26. The Hall–Kier alpha value is -2.59. The Morgan fingerprint density at radius 2 is 2.17 bits per heavy atom. The number of halogens is 1. The Kier molecular flexibility index (Phi) is 6.13. The summed E-state index contributed by atoms with van der Waals surface area (Å²) in [5.74, 6) is 0.671. The predicted octanol–water partition coefficient (Wildman–Crippen LogP) is 4.33. The highest BCUT2D eigenvalue weighted by Gasteiger charge is 2.37. The number of aromatic nitrogens is 2. The molecule has 3 rings (SSSR count). The topological polar surface area (TPSA) is 97.0 Å². The summed E-state index contributed by atoms with van der Waals surface area (Å²) in [6.07, 6.45) is 2.15. The van der Waals surface area contributed by atoms with Crippen molar-refractivity contribution in [2.24, 2.45) is 5.92 Å². The van der Waals surface area contributed by atoms with E-state index in [1.54, 1.807) is 43.5 Å². The van der Waals surface area contributed by atoms with Gasteiger partial charge in [0.05, 0.1) is 28.0 Å². The molecule has 1 fully saturated rings. The second kappa shape index (κ2) is 8.42. The van der Waals surface area contributed by atoms with E-state index in [-0.39, 0.29) is 11.5 Å². The second-order valence-corrected chi connectivity index (χ2v) is 8.69. The van der Waals surface area contributed by atoms with Gasteiger partial charge in [-0.1, -0.05) is 17.7 Å². The van der Waals surface area contributed by atoms with E-state index in [4.69, 9.17) is 26.6 Å². The van der Waals surface area contributed by atoms with Crippen LogP contribution in [0.5, 0.6) is 0 Å². The van der Waals surface area contributed by atoms with E-state index >= 15 is 0 Å². The molecule has 2 aromatic rings. The Bertz CT molecular complexity index is 1020. The monoisotopic (exact) mass is 416 g/mol. The van der Waals surface area contributed by atoms with Crippen LogP contribution in [0.1, 0.15) is 58.3 Å². The zero-order valence-electron chi connectivity index (χ0n) is 16.9. The normalized spacial score (nSPS) is 15.0. The number of benzene rings is 1. The second-order valence-electron chi connectivity index (χ2n) is 8.28. The van der Waals surface area contributed by atoms with E-state index in [1.165, 1.54) is 0 Å².